The molecule has 108 valence electrons. The zero-order valence-corrected chi connectivity index (χ0v) is 12.6. The number of hydrogen-bond donors (Lipinski definition) is 1. The Kier molecular flexibility index (Phi) is 4.45. The Hall–Kier alpha value is -1.81. The summed E-state index contributed by atoms with van der Waals surface area (Å²) in [5.74, 6) is 0.868. The average Bonchev–Trinajstić information content (AvgIpc) is 2.80. The highest BCUT2D eigenvalue weighted by atomic mass is 16.5. The van der Waals surface area contributed by atoms with Crippen LogP contribution in [-0.4, -0.2) is 22.7 Å². The second-order valence-corrected chi connectivity index (χ2v) is 5.08. The zero-order chi connectivity index (χ0) is 14.7. The van der Waals surface area contributed by atoms with Crippen molar-refractivity contribution in [3.8, 4) is 5.75 Å². The van der Waals surface area contributed by atoms with Gasteiger partial charge >= 0.3 is 0 Å². The Morgan fingerprint density at radius 3 is 2.55 bits per heavy atom. The molecule has 0 bridgehead atoms. The van der Waals surface area contributed by atoms with Crippen LogP contribution in [0.1, 0.15) is 36.3 Å². The van der Waals surface area contributed by atoms with Gasteiger partial charge in [0.05, 0.1) is 25.2 Å². The van der Waals surface area contributed by atoms with Crippen LogP contribution in [0.3, 0.4) is 0 Å². The molecule has 2 unspecified atom stereocenters. The fourth-order valence-electron chi connectivity index (χ4n) is 2.52. The van der Waals surface area contributed by atoms with E-state index in [4.69, 9.17) is 10.5 Å². The number of para-hydroxylation sites is 1. The molecule has 4 heteroatoms. The lowest BCUT2D eigenvalue weighted by Crippen LogP contribution is -2.33. The minimum absolute atomic E-state index is 0.0126. The Balaban J connectivity index is 2.56. The van der Waals surface area contributed by atoms with Crippen LogP contribution in [-0.2, 0) is 0 Å². The molecule has 2 atom stereocenters. The van der Waals surface area contributed by atoms with Gasteiger partial charge in [-0.2, -0.15) is 0 Å². The van der Waals surface area contributed by atoms with E-state index in [0.29, 0.717) is 0 Å². The smallest absolute Gasteiger partial charge is 0.124 e. The summed E-state index contributed by atoms with van der Waals surface area (Å²) in [6.07, 6.45) is 2.76. The maximum atomic E-state index is 6.38. The van der Waals surface area contributed by atoms with Gasteiger partial charge in [-0.15, -0.1) is 0 Å². The number of nitrogens with zero attached hydrogens (tertiary/aromatic N) is 2. The highest BCUT2D eigenvalue weighted by Gasteiger charge is 2.25. The summed E-state index contributed by atoms with van der Waals surface area (Å²) in [5, 5.41) is 0. The van der Waals surface area contributed by atoms with Gasteiger partial charge in [-0.25, -0.2) is 4.98 Å². The van der Waals surface area contributed by atoms with Gasteiger partial charge < -0.3 is 15.0 Å². The maximum absolute atomic E-state index is 6.38. The van der Waals surface area contributed by atoms with Crippen molar-refractivity contribution in [2.45, 2.75) is 39.3 Å². The Morgan fingerprint density at radius 1 is 1.30 bits per heavy atom. The van der Waals surface area contributed by atoms with Gasteiger partial charge in [-0.05, 0) is 26.3 Å². The van der Waals surface area contributed by atoms with Crippen molar-refractivity contribution in [1.82, 2.24) is 9.55 Å². The molecule has 0 saturated carbocycles. The van der Waals surface area contributed by atoms with Crippen molar-refractivity contribution in [3.63, 3.8) is 0 Å². The molecule has 0 fully saturated rings. The minimum Gasteiger partial charge on any atom is -0.496 e. The van der Waals surface area contributed by atoms with E-state index in [1.807, 2.05) is 31.5 Å². The molecule has 1 aromatic heterocycles. The summed E-state index contributed by atoms with van der Waals surface area (Å²) in [7, 11) is 1.69. The van der Waals surface area contributed by atoms with Crippen molar-refractivity contribution in [1.29, 1.82) is 0 Å². The van der Waals surface area contributed by atoms with Crippen LogP contribution in [0.15, 0.2) is 30.6 Å². The molecular formula is C16H23N3O. The summed E-state index contributed by atoms with van der Waals surface area (Å²) in [4.78, 5) is 4.40. The van der Waals surface area contributed by atoms with Gasteiger partial charge in [0.2, 0.25) is 0 Å². The van der Waals surface area contributed by atoms with Crippen LogP contribution in [0.2, 0.25) is 0 Å². The van der Waals surface area contributed by atoms with Gasteiger partial charge in [-0.3, -0.25) is 0 Å². The van der Waals surface area contributed by atoms with Crippen LogP contribution < -0.4 is 10.5 Å². The average molecular weight is 273 g/mol. The molecular weight excluding hydrogens is 250 g/mol. The topological polar surface area (TPSA) is 53.1 Å². The largest absolute Gasteiger partial charge is 0.496 e. The monoisotopic (exact) mass is 273 g/mol. The molecule has 0 aliphatic heterocycles. The van der Waals surface area contributed by atoms with Gasteiger partial charge in [0.25, 0.3) is 0 Å². The van der Waals surface area contributed by atoms with E-state index in [0.717, 1.165) is 29.1 Å². The van der Waals surface area contributed by atoms with E-state index in [2.05, 4.69) is 29.5 Å². The third-order valence-electron chi connectivity index (χ3n) is 3.92. The Bertz CT molecular complexity index is 577. The van der Waals surface area contributed by atoms with Crippen molar-refractivity contribution >= 4 is 0 Å². The van der Waals surface area contributed by atoms with Gasteiger partial charge in [0.1, 0.15) is 5.75 Å². The van der Waals surface area contributed by atoms with Gasteiger partial charge in [0, 0.05) is 17.3 Å². The van der Waals surface area contributed by atoms with Crippen molar-refractivity contribution < 1.29 is 4.74 Å². The number of imidazole rings is 1. The SMILES string of the molecule is CCC(N)C(c1ccccc1OC)n1cnc(C)c1C. The van der Waals surface area contributed by atoms with Gasteiger partial charge in [0.15, 0.2) is 0 Å². The van der Waals surface area contributed by atoms with Crippen molar-refractivity contribution in [2.75, 3.05) is 7.11 Å². The molecule has 0 spiro atoms. The molecule has 2 rings (SSSR count). The van der Waals surface area contributed by atoms with Crippen LogP contribution in [0.25, 0.3) is 0 Å². The molecule has 20 heavy (non-hydrogen) atoms. The third-order valence-corrected chi connectivity index (χ3v) is 3.92. The van der Waals surface area contributed by atoms with E-state index in [1.54, 1.807) is 7.11 Å². The molecule has 2 aromatic rings. The minimum atomic E-state index is 0.0126. The summed E-state index contributed by atoms with van der Waals surface area (Å²) >= 11 is 0. The lowest BCUT2D eigenvalue weighted by molar-refractivity contribution is 0.385. The normalized spacial score (nSPS) is 14.1. The summed E-state index contributed by atoms with van der Waals surface area (Å²) < 4.78 is 7.65. The third kappa shape index (κ3) is 2.56. The van der Waals surface area contributed by atoms with E-state index in [-0.39, 0.29) is 12.1 Å². The second-order valence-electron chi connectivity index (χ2n) is 5.08. The molecule has 4 nitrogen and oxygen atoms in total. The molecule has 1 heterocycles. The Morgan fingerprint density at radius 2 is 2.00 bits per heavy atom. The maximum Gasteiger partial charge on any atom is 0.124 e. The van der Waals surface area contributed by atoms with E-state index in [9.17, 15) is 0 Å². The molecule has 0 saturated heterocycles. The number of hydrogen-bond acceptors (Lipinski definition) is 3. The number of ether oxygens (including phenoxy) is 1. The molecule has 0 radical (unpaired) electrons. The second kappa shape index (κ2) is 6.09. The first-order valence-electron chi connectivity index (χ1n) is 6.98. The highest BCUT2D eigenvalue weighted by molar-refractivity contribution is 5.38. The summed E-state index contributed by atoms with van der Waals surface area (Å²) in [5.41, 5.74) is 9.66. The van der Waals surface area contributed by atoms with E-state index in [1.165, 1.54) is 0 Å². The fraction of sp³-hybridized carbons (Fsp3) is 0.438. The fourth-order valence-corrected chi connectivity index (χ4v) is 2.52. The first kappa shape index (κ1) is 14.6. The van der Waals surface area contributed by atoms with Crippen LogP contribution in [0, 0.1) is 13.8 Å². The van der Waals surface area contributed by atoms with Crippen molar-refractivity contribution in [2.24, 2.45) is 5.73 Å². The lowest BCUT2D eigenvalue weighted by Gasteiger charge is -2.27. The molecule has 0 amide bonds. The first-order valence-corrected chi connectivity index (χ1v) is 6.98. The van der Waals surface area contributed by atoms with Gasteiger partial charge in [-0.1, -0.05) is 25.1 Å². The van der Waals surface area contributed by atoms with Crippen molar-refractivity contribution in [3.05, 3.63) is 47.5 Å². The molecule has 0 aliphatic carbocycles. The number of nitrogens with two attached hydrogens (primary N) is 1. The molecule has 1 aromatic carbocycles. The number of aromatic nitrogens is 2. The van der Waals surface area contributed by atoms with Crippen LogP contribution >= 0.6 is 0 Å². The lowest BCUT2D eigenvalue weighted by atomic mass is 9.96. The number of methoxy groups -OCH3 is 1. The van der Waals surface area contributed by atoms with Crippen LogP contribution in [0.5, 0.6) is 5.75 Å². The predicted octanol–water partition coefficient (Wildman–Crippen LogP) is 2.84. The summed E-state index contributed by atoms with van der Waals surface area (Å²) in [6, 6.07) is 8.10. The zero-order valence-electron chi connectivity index (χ0n) is 12.6. The first-order chi connectivity index (χ1) is 9.60. The number of benzene rings is 1. The Labute approximate surface area is 120 Å². The van der Waals surface area contributed by atoms with E-state index < -0.39 is 0 Å². The predicted molar refractivity (Wildman–Crippen MR) is 81.1 cm³/mol. The number of aryl methyl sites for hydroxylation is 1. The van der Waals surface area contributed by atoms with E-state index >= 15 is 0 Å². The standard InChI is InChI=1S/C16H23N3O/c1-5-14(17)16(19-10-18-11(2)12(19)3)13-8-6-7-9-15(13)20-4/h6-10,14,16H,5,17H2,1-4H3. The highest BCUT2D eigenvalue weighted by Crippen LogP contribution is 2.31. The quantitative estimate of drug-likeness (QED) is 0.911. The molecule has 2 N–H and O–H groups in total. The summed E-state index contributed by atoms with van der Waals surface area (Å²) in [6.45, 7) is 6.20. The number of rotatable bonds is 5. The van der Waals surface area contributed by atoms with Crippen LogP contribution in [0.4, 0.5) is 0 Å². The molecule has 0 aliphatic rings.